The van der Waals surface area contributed by atoms with Gasteiger partial charge in [-0.05, 0) is 5.75 Å². The SMILES string of the molecule is CCSc1nnc(NC(=O)N2CCc3nn(C)c(=O)cc3C2)s1. The minimum atomic E-state index is -0.236. The number of amides is 2. The number of hydrogen-bond donors (Lipinski definition) is 1. The van der Waals surface area contributed by atoms with Crippen LogP contribution in [-0.4, -0.2) is 43.2 Å². The van der Waals surface area contributed by atoms with Gasteiger partial charge in [-0.15, -0.1) is 10.2 Å². The zero-order valence-electron chi connectivity index (χ0n) is 12.8. The minimum absolute atomic E-state index is 0.170. The van der Waals surface area contributed by atoms with Crippen LogP contribution in [0, 0.1) is 0 Å². The number of aromatic nitrogens is 4. The summed E-state index contributed by atoms with van der Waals surface area (Å²) in [5, 5.41) is 15.5. The minimum Gasteiger partial charge on any atom is -0.320 e. The summed E-state index contributed by atoms with van der Waals surface area (Å²) in [5.74, 6) is 0.910. The van der Waals surface area contributed by atoms with Crippen LogP contribution in [-0.2, 0) is 20.0 Å². The van der Waals surface area contributed by atoms with Crippen molar-refractivity contribution in [2.75, 3.05) is 17.6 Å². The van der Waals surface area contributed by atoms with Gasteiger partial charge >= 0.3 is 6.03 Å². The molecule has 1 N–H and O–H groups in total. The summed E-state index contributed by atoms with van der Waals surface area (Å²) in [4.78, 5) is 25.7. The second kappa shape index (κ2) is 6.67. The zero-order chi connectivity index (χ0) is 16.4. The molecule has 2 aromatic rings. The maximum Gasteiger partial charge on any atom is 0.324 e. The van der Waals surface area contributed by atoms with E-state index in [-0.39, 0.29) is 11.6 Å². The molecule has 8 nitrogen and oxygen atoms in total. The summed E-state index contributed by atoms with van der Waals surface area (Å²) in [6.45, 7) is 2.97. The fourth-order valence-corrected chi connectivity index (χ4v) is 3.92. The first-order valence-electron chi connectivity index (χ1n) is 7.15. The van der Waals surface area contributed by atoms with Gasteiger partial charge in [0.2, 0.25) is 5.13 Å². The second-order valence-electron chi connectivity index (χ2n) is 4.99. The lowest BCUT2D eigenvalue weighted by atomic mass is 10.1. The third-order valence-electron chi connectivity index (χ3n) is 3.41. The van der Waals surface area contributed by atoms with E-state index in [1.54, 1.807) is 29.8 Å². The first-order valence-corrected chi connectivity index (χ1v) is 8.95. The first-order chi connectivity index (χ1) is 11.1. The molecule has 23 heavy (non-hydrogen) atoms. The van der Waals surface area contributed by atoms with Crippen molar-refractivity contribution in [2.24, 2.45) is 7.05 Å². The van der Waals surface area contributed by atoms with Crippen molar-refractivity contribution < 1.29 is 4.79 Å². The number of urea groups is 1. The van der Waals surface area contributed by atoms with Crippen LogP contribution in [0.2, 0.25) is 0 Å². The normalized spacial score (nSPS) is 13.7. The standard InChI is InChI=1S/C13H16N6O2S2/c1-3-22-13-16-15-11(23-13)14-12(21)19-5-4-9-8(7-19)6-10(20)18(2)17-9/h6H,3-5,7H2,1-2H3,(H,14,15,21). The molecule has 0 saturated carbocycles. The van der Waals surface area contributed by atoms with Crippen molar-refractivity contribution in [1.82, 2.24) is 24.9 Å². The van der Waals surface area contributed by atoms with Gasteiger partial charge in [-0.2, -0.15) is 5.10 Å². The number of hydrogen-bond acceptors (Lipinski definition) is 7. The first kappa shape index (κ1) is 15.9. The summed E-state index contributed by atoms with van der Waals surface area (Å²) in [6, 6.07) is 1.31. The molecule has 1 aliphatic rings. The Kier molecular flexibility index (Phi) is 4.62. The van der Waals surface area contributed by atoms with Crippen LogP contribution < -0.4 is 10.9 Å². The van der Waals surface area contributed by atoms with E-state index in [0.717, 1.165) is 21.3 Å². The molecule has 0 atom stereocenters. The molecule has 0 aromatic carbocycles. The largest absolute Gasteiger partial charge is 0.324 e. The Labute approximate surface area is 140 Å². The number of rotatable bonds is 3. The van der Waals surface area contributed by atoms with Gasteiger partial charge < -0.3 is 4.90 Å². The van der Waals surface area contributed by atoms with E-state index in [0.29, 0.717) is 24.6 Å². The average Bonchev–Trinajstić information content (AvgIpc) is 2.95. The van der Waals surface area contributed by atoms with Crippen molar-refractivity contribution in [1.29, 1.82) is 0 Å². The number of aryl methyl sites for hydroxylation is 1. The molecule has 122 valence electrons. The monoisotopic (exact) mass is 352 g/mol. The van der Waals surface area contributed by atoms with E-state index in [1.807, 2.05) is 6.92 Å². The fourth-order valence-electron chi connectivity index (χ4n) is 2.28. The molecule has 0 saturated heterocycles. The predicted molar refractivity (Wildman–Crippen MR) is 88.9 cm³/mol. The number of nitrogens with one attached hydrogen (secondary N) is 1. The fraction of sp³-hybridized carbons (Fsp3) is 0.462. The van der Waals surface area contributed by atoms with Crippen molar-refractivity contribution in [3.63, 3.8) is 0 Å². The second-order valence-corrected chi connectivity index (χ2v) is 7.47. The summed E-state index contributed by atoms with van der Waals surface area (Å²) in [5.41, 5.74) is 1.50. The molecular formula is C13H16N6O2S2. The molecule has 2 aromatic heterocycles. The number of carbonyl (C=O) groups is 1. The topological polar surface area (TPSA) is 93.0 Å². The van der Waals surface area contributed by atoms with Crippen molar-refractivity contribution in [3.8, 4) is 0 Å². The Morgan fingerprint density at radius 2 is 2.30 bits per heavy atom. The molecule has 0 spiro atoms. The van der Waals surface area contributed by atoms with Gasteiger partial charge in [0.05, 0.1) is 5.69 Å². The Morgan fingerprint density at radius 3 is 3.09 bits per heavy atom. The van der Waals surface area contributed by atoms with E-state index in [4.69, 9.17) is 0 Å². The Morgan fingerprint density at radius 1 is 1.48 bits per heavy atom. The summed E-state index contributed by atoms with van der Waals surface area (Å²) in [7, 11) is 1.63. The average molecular weight is 352 g/mol. The number of anilines is 1. The van der Waals surface area contributed by atoms with Crippen LogP contribution >= 0.6 is 23.1 Å². The number of thioether (sulfide) groups is 1. The van der Waals surface area contributed by atoms with Crippen molar-refractivity contribution >= 4 is 34.3 Å². The van der Waals surface area contributed by atoms with E-state index >= 15 is 0 Å². The molecular weight excluding hydrogens is 336 g/mol. The van der Waals surface area contributed by atoms with E-state index in [9.17, 15) is 9.59 Å². The van der Waals surface area contributed by atoms with E-state index in [1.165, 1.54) is 16.0 Å². The molecule has 3 heterocycles. The molecule has 0 aliphatic carbocycles. The van der Waals surface area contributed by atoms with E-state index in [2.05, 4.69) is 20.6 Å². The molecule has 10 heteroatoms. The summed E-state index contributed by atoms with van der Waals surface area (Å²) < 4.78 is 2.16. The van der Waals surface area contributed by atoms with Crippen LogP contribution in [0.1, 0.15) is 18.2 Å². The van der Waals surface area contributed by atoms with Crippen LogP contribution in [0.25, 0.3) is 0 Å². The molecule has 0 unspecified atom stereocenters. The highest BCUT2D eigenvalue weighted by atomic mass is 32.2. The van der Waals surface area contributed by atoms with Crippen molar-refractivity contribution in [2.45, 2.75) is 24.2 Å². The number of carbonyl (C=O) groups excluding carboxylic acids is 1. The Hall–Kier alpha value is -1.94. The van der Waals surface area contributed by atoms with Gasteiger partial charge in [0.15, 0.2) is 4.34 Å². The van der Waals surface area contributed by atoms with Crippen LogP contribution in [0.4, 0.5) is 9.93 Å². The molecule has 2 amide bonds. The zero-order valence-corrected chi connectivity index (χ0v) is 14.4. The molecule has 0 fully saturated rings. The molecule has 0 bridgehead atoms. The number of fused-ring (bicyclic) bond motifs is 1. The summed E-state index contributed by atoms with van der Waals surface area (Å²) in [6.07, 6.45) is 0.629. The third-order valence-corrected chi connectivity index (χ3v) is 5.27. The highest BCUT2D eigenvalue weighted by Crippen LogP contribution is 2.25. The lowest BCUT2D eigenvalue weighted by molar-refractivity contribution is 0.205. The number of nitrogens with zero attached hydrogens (tertiary/aromatic N) is 5. The lowest BCUT2D eigenvalue weighted by Crippen LogP contribution is -2.40. The summed E-state index contributed by atoms with van der Waals surface area (Å²) >= 11 is 2.94. The lowest BCUT2D eigenvalue weighted by Gasteiger charge is -2.27. The smallest absolute Gasteiger partial charge is 0.320 e. The van der Waals surface area contributed by atoms with Gasteiger partial charge in [-0.25, -0.2) is 9.48 Å². The molecule has 1 aliphatic heterocycles. The predicted octanol–water partition coefficient (Wildman–Crippen LogP) is 1.33. The van der Waals surface area contributed by atoms with Crippen LogP contribution in [0.5, 0.6) is 0 Å². The molecule has 3 rings (SSSR count). The van der Waals surface area contributed by atoms with Crippen LogP contribution in [0.3, 0.4) is 0 Å². The quantitative estimate of drug-likeness (QED) is 0.662. The molecule has 0 radical (unpaired) electrons. The maximum atomic E-state index is 12.3. The third kappa shape index (κ3) is 3.53. The maximum absolute atomic E-state index is 12.3. The van der Waals surface area contributed by atoms with Gasteiger partial charge in [-0.3, -0.25) is 10.1 Å². The highest BCUT2D eigenvalue weighted by Gasteiger charge is 2.23. The van der Waals surface area contributed by atoms with Gasteiger partial charge in [-0.1, -0.05) is 30.0 Å². The Bertz CT molecular complexity index is 787. The van der Waals surface area contributed by atoms with Gasteiger partial charge in [0.25, 0.3) is 5.56 Å². The Balaban J connectivity index is 1.68. The van der Waals surface area contributed by atoms with Gasteiger partial charge in [0, 0.05) is 38.2 Å². The van der Waals surface area contributed by atoms with Crippen LogP contribution in [0.15, 0.2) is 15.2 Å². The highest BCUT2D eigenvalue weighted by molar-refractivity contribution is 8.01. The van der Waals surface area contributed by atoms with Gasteiger partial charge in [0.1, 0.15) is 0 Å². The van der Waals surface area contributed by atoms with Crippen molar-refractivity contribution in [3.05, 3.63) is 27.7 Å². The van der Waals surface area contributed by atoms with E-state index < -0.39 is 0 Å².